The Balaban J connectivity index is 1.67. The number of nitrogens with zero attached hydrogens (tertiary/aromatic N) is 1. The number of amides is 2. The second-order valence-electron chi connectivity index (χ2n) is 6.21. The Bertz CT molecular complexity index is 802. The first-order chi connectivity index (χ1) is 12.5. The van der Waals surface area contributed by atoms with Gasteiger partial charge in [0.2, 0.25) is 12.0 Å². The molecule has 2 N–H and O–H groups in total. The average Bonchev–Trinajstić information content (AvgIpc) is 3.05. The van der Waals surface area contributed by atoms with Gasteiger partial charge in [-0.15, -0.1) is 0 Å². The SMILES string of the molecule is NC(=O)C(OC(=O)c1ccc(CN2CCCC2=O)cc1)c1ccccc1. The average molecular weight is 352 g/mol. The molecule has 1 aliphatic rings. The second kappa shape index (κ2) is 7.82. The van der Waals surface area contributed by atoms with E-state index in [-0.39, 0.29) is 5.91 Å². The lowest BCUT2D eigenvalue weighted by molar-refractivity contribution is -0.128. The van der Waals surface area contributed by atoms with Gasteiger partial charge in [-0.1, -0.05) is 42.5 Å². The molecule has 1 unspecified atom stereocenters. The number of esters is 1. The van der Waals surface area contributed by atoms with Crippen LogP contribution in [0.2, 0.25) is 0 Å². The molecule has 0 aliphatic carbocycles. The van der Waals surface area contributed by atoms with Crippen LogP contribution < -0.4 is 5.73 Å². The Morgan fingerprint density at radius 3 is 2.35 bits per heavy atom. The summed E-state index contributed by atoms with van der Waals surface area (Å²) < 4.78 is 5.30. The van der Waals surface area contributed by atoms with E-state index in [9.17, 15) is 14.4 Å². The minimum atomic E-state index is -1.13. The molecule has 1 heterocycles. The maximum absolute atomic E-state index is 12.3. The van der Waals surface area contributed by atoms with Crippen molar-refractivity contribution in [2.45, 2.75) is 25.5 Å². The molecule has 0 spiro atoms. The van der Waals surface area contributed by atoms with Gasteiger partial charge in [0.15, 0.2) is 0 Å². The van der Waals surface area contributed by atoms with Crippen LogP contribution in [0.25, 0.3) is 0 Å². The van der Waals surface area contributed by atoms with E-state index in [1.807, 2.05) is 0 Å². The van der Waals surface area contributed by atoms with Crippen molar-refractivity contribution in [3.8, 4) is 0 Å². The van der Waals surface area contributed by atoms with Gasteiger partial charge in [0, 0.05) is 25.1 Å². The maximum Gasteiger partial charge on any atom is 0.339 e. The molecule has 2 aromatic rings. The summed E-state index contributed by atoms with van der Waals surface area (Å²) in [5, 5.41) is 0. The molecule has 0 bridgehead atoms. The van der Waals surface area contributed by atoms with E-state index in [0.29, 0.717) is 24.1 Å². The van der Waals surface area contributed by atoms with Crippen LogP contribution in [-0.4, -0.2) is 29.2 Å². The van der Waals surface area contributed by atoms with E-state index in [4.69, 9.17) is 10.5 Å². The molecule has 2 aromatic carbocycles. The van der Waals surface area contributed by atoms with Gasteiger partial charge in [-0.2, -0.15) is 0 Å². The lowest BCUT2D eigenvalue weighted by Crippen LogP contribution is -2.26. The Labute approximate surface area is 151 Å². The molecule has 1 aliphatic heterocycles. The first kappa shape index (κ1) is 17.7. The summed E-state index contributed by atoms with van der Waals surface area (Å²) >= 11 is 0. The molecule has 6 nitrogen and oxygen atoms in total. The second-order valence-corrected chi connectivity index (χ2v) is 6.21. The fourth-order valence-electron chi connectivity index (χ4n) is 2.93. The zero-order valence-corrected chi connectivity index (χ0v) is 14.3. The van der Waals surface area contributed by atoms with E-state index >= 15 is 0 Å². The largest absolute Gasteiger partial charge is 0.444 e. The number of primary amides is 1. The normalized spacial score (nSPS) is 14.9. The number of carbonyl (C=O) groups excluding carboxylic acids is 3. The van der Waals surface area contributed by atoms with E-state index in [1.165, 1.54) is 0 Å². The number of rotatable bonds is 6. The van der Waals surface area contributed by atoms with Gasteiger partial charge in [-0.3, -0.25) is 9.59 Å². The number of carbonyl (C=O) groups is 3. The zero-order chi connectivity index (χ0) is 18.5. The molecule has 0 aromatic heterocycles. The fraction of sp³-hybridized carbons (Fsp3) is 0.250. The summed E-state index contributed by atoms with van der Waals surface area (Å²) in [6, 6.07) is 15.5. The molecule has 3 rings (SSSR count). The number of hydrogen-bond donors (Lipinski definition) is 1. The van der Waals surface area contributed by atoms with Crippen molar-refractivity contribution in [3.63, 3.8) is 0 Å². The van der Waals surface area contributed by atoms with Crippen LogP contribution >= 0.6 is 0 Å². The Kier molecular flexibility index (Phi) is 5.31. The highest BCUT2D eigenvalue weighted by molar-refractivity contribution is 5.92. The van der Waals surface area contributed by atoms with Crippen molar-refractivity contribution < 1.29 is 19.1 Å². The van der Waals surface area contributed by atoms with Crippen molar-refractivity contribution in [1.29, 1.82) is 0 Å². The van der Waals surface area contributed by atoms with Gasteiger partial charge in [0.1, 0.15) is 0 Å². The van der Waals surface area contributed by atoms with Gasteiger partial charge in [-0.05, 0) is 24.1 Å². The fourth-order valence-corrected chi connectivity index (χ4v) is 2.93. The van der Waals surface area contributed by atoms with Crippen molar-refractivity contribution in [2.24, 2.45) is 5.73 Å². The summed E-state index contributed by atoms with van der Waals surface area (Å²) in [6.07, 6.45) is 0.348. The lowest BCUT2D eigenvalue weighted by atomic mass is 10.1. The van der Waals surface area contributed by atoms with Crippen LogP contribution in [0.15, 0.2) is 54.6 Å². The van der Waals surface area contributed by atoms with Crippen LogP contribution in [0.1, 0.15) is 40.4 Å². The highest BCUT2D eigenvalue weighted by atomic mass is 16.5. The van der Waals surface area contributed by atoms with E-state index in [0.717, 1.165) is 18.5 Å². The molecular weight excluding hydrogens is 332 g/mol. The van der Waals surface area contributed by atoms with Crippen molar-refractivity contribution in [1.82, 2.24) is 4.90 Å². The standard InChI is InChI=1S/C20H20N2O4/c21-19(24)18(15-5-2-1-3-6-15)26-20(25)16-10-8-14(9-11-16)13-22-12-4-7-17(22)23/h1-3,5-6,8-11,18H,4,7,12-13H2,(H2,21,24). The lowest BCUT2D eigenvalue weighted by Gasteiger charge is -2.16. The number of nitrogens with two attached hydrogens (primary N) is 1. The monoisotopic (exact) mass is 352 g/mol. The van der Waals surface area contributed by atoms with E-state index < -0.39 is 18.0 Å². The molecule has 0 radical (unpaired) electrons. The Morgan fingerprint density at radius 2 is 1.77 bits per heavy atom. The summed E-state index contributed by atoms with van der Waals surface area (Å²) in [5.41, 5.74) is 7.15. The third-order valence-electron chi connectivity index (χ3n) is 4.32. The van der Waals surface area contributed by atoms with Crippen molar-refractivity contribution in [3.05, 3.63) is 71.3 Å². The summed E-state index contributed by atoms with van der Waals surface area (Å²) in [4.78, 5) is 37.5. The first-order valence-corrected chi connectivity index (χ1v) is 8.46. The van der Waals surface area contributed by atoms with Crippen LogP contribution in [0.4, 0.5) is 0 Å². The molecule has 1 atom stereocenters. The molecule has 1 saturated heterocycles. The minimum absolute atomic E-state index is 0.153. The van der Waals surface area contributed by atoms with Gasteiger partial charge in [0.25, 0.3) is 5.91 Å². The number of benzene rings is 2. The number of hydrogen-bond acceptors (Lipinski definition) is 4. The van der Waals surface area contributed by atoms with Crippen molar-refractivity contribution >= 4 is 17.8 Å². The number of ether oxygens (including phenoxy) is 1. The first-order valence-electron chi connectivity index (χ1n) is 8.46. The predicted molar refractivity (Wildman–Crippen MR) is 94.9 cm³/mol. The molecule has 6 heteroatoms. The summed E-state index contributed by atoms with van der Waals surface area (Å²) in [7, 11) is 0. The molecule has 0 saturated carbocycles. The zero-order valence-electron chi connectivity index (χ0n) is 14.3. The van der Waals surface area contributed by atoms with Gasteiger partial charge in [-0.25, -0.2) is 4.79 Å². The molecule has 134 valence electrons. The Hall–Kier alpha value is -3.15. The Morgan fingerprint density at radius 1 is 1.08 bits per heavy atom. The third-order valence-corrected chi connectivity index (χ3v) is 4.32. The summed E-state index contributed by atoms with van der Waals surface area (Å²) in [5.74, 6) is -1.20. The van der Waals surface area contributed by atoms with Crippen LogP contribution in [0.5, 0.6) is 0 Å². The molecule has 26 heavy (non-hydrogen) atoms. The van der Waals surface area contributed by atoms with Crippen LogP contribution in [0, 0.1) is 0 Å². The smallest absolute Gasteiger partial charge is 0.339 e. The van der Waals surface area contributed by atoms with Gasteiger partial charge in [0.05, 0.1) is 5.56 Å². The van der Waals surface area contributed by atoms with E-state index in [2.05, 4.69) is 0 Å². The van der Waals surface area contributed by atoms with Crippen LogP contribution in [0.3, 0.4) is 0 Å². The quantitative estimate of drug-likeness (QED) is 0.807. The molecule has 1 fully saturated rings. The minimum Gasteiger partial charge on any atom is -0.444 e. The molecular formula is C20H20N2O4. The highest BCUT2D eigenvalue weighted by Crippen LogP contribution is 2.20. The van der Waals surface area contributed by atoms with Crippen LogP contribution in [-0.2, 0) is 20.9 Å². The predicted octanol–water partition coefficient (Wildman–Crippen LogP) is 2.19. The topological polar surface area (TPSA) is 89.7 Å². The van der Waals surface area contributed by atoms with Crippen molar-refractivity contribution in [2.75, 3.05) is 6.54 Å². The van der Waals surface area contributed by atoms with E-state index in [1.54, 1.807) is 59.5 Å². The third kappa shape index (κ3) is 4.08. The highest BCUT2D eigenvalue weighted by Gasteiger charge is 2.23. The van der Waals surface area contributed by atoms with Gasteiger partial charge < -0.3 is 15.4 Å². The summed E-state index contributed by atoms with van der Waals surface area (Å²) in [6.45, 7) is 1.29. The van der Waals surface area contributed by atoms with Gasteiger partial charge >= 0.3 is 5.97 Å². The molecule has 2 amide bonds. The maximum atomic E-state index is 12.3. The number of likely N-dealkylation sites (tertiary alicyclic amines) is 1.